The highest BCUT2D eigenvalue weighted by atomic mass is 35.5. The maximum absolute atomic E-state index is 5.91. The van der Waals surface area contributed by atoms with Crippen molar-refractivity contribution >= 4 is 11.6 Å². The van der Waals surface area contributed by atoms with Gasteiger partial charge in [0.15, 0.2) is 0 Å². The Balaban J connectivity index is 2.53. The Kier molecular flexibility index (Phi) is 2.99. The molecule has 1 aromatic heterocycles. The number of benzene rings is 1. The smallest absolute Gasteiger partial charge is 0.0705 e. The highest BCUT2D eigenvalue weighted by molar-refractivity contribution is 6.30. The molecule has 1 heterocycles. The highest BCUT2D eigenvalue weighted by Crippen LogP contribution is 2.24. The first-order valence-corrected chi connectivity index (χ1v) is 5.09. The van der Waals surface area contributed by atoms with Crippen LogP contribution in [0, 0.1) is 0 Å². The number of hydrogen-bond acceptors (Lipinski definition) is 2. The number of nitrogens with zero attached hydrogens (tertiary/aromatic N) is 1. The summed E-state index contributed by atoms with van der Waals surface area (Å²) in [4.78, 5) is 4.29. The number of rotatable bonds is 2. The van der Waals surface area contributed by atoms with Gasteiger partial charge in [0.25, 0.3) is 0 Å². The van der Waals surface area contributed by atoms with E-state index in [0.29, 0.717) is 11.6 Å². The molecule has 2 nitrogen and oxygen atoms in total. The molecule has 0 aliphatic carbocycles. The molecule has 0 radical (unpaired) electrons. The summed E-state index contributed by atoms with van der Waals surface area (Å²) < 4.78 is 0. The van der Waals surface area contributed by atoms with Crippen LogP contribution in [-0.2, 0) is 6.54 Å². The summed E-state index contributed by atoms with van der Waals surface area (Å²) in [5, 5.41) is 0.704. The molecule has 2 rings (SSSR count). The van der Waals surface area contributed by atoms with E-state index in [9.17, 15) is 0 Å². The van der Waals surface area contributed by atoms with E-state index in [1.54, 1.807) is 6.20 Å². The van der Waals surface area contributed by atoms with Crippen LogP contribution in [0.1, 0.15) is 5.56 Å². The monoisotopic (exact) mass is 218 g/mol. The van der Waals surface area contributed by atoms with Crippen LogP contribution < -0.4 is 5.73 Å². The fraction of sp³-hybridized carbons (Fsp3) is 0.0833. The standard InChI is InChI=1S/C12H11ClN2/c13-10-4-5-11(9(7-10)8-14)12-3-1-2-6-15-12/h1-7H,8,14H2. The molecule has 1 aromatic carbocycles. The molecule has 0 fully saturated rings. The molecule has 0 aliphatic heterocycles. The van der Waals surface area contributed by atoms with Gasteiger partial charge in [0.1, 0.15) is 0 Å². The molecule has 2 N–H and O–H groups in total. The van der Waals surface area contributed by atoms with E-state index >= 15 is 0 Å². The Labute approximate surface area is 93.7 Å². The summed E-state index contributed by atoms with van der Waals surface area (Å²) in [6.07, 6.45) is 1.77. The van der Waals surface area contributed by atoms with Gasteiger partial charge in [-0.15, -0.1) is 0 Å². The van der Waals surface area contributed by atoms with Gasteiger partial charge in [0.05, 0.1) is 5.69 Å². The third kappa shape index (κ3) is 2.17. The van der Waals surface area contributed by atoms with Gasteiger partial charge < -0.3 is 5.73 Å². The van der Waals surface area contributed by atoms with E-state index < -0.39 is 0 Å². The van der Waals surface area contributed by atoms with Crippen molar-refractivity contribution in [2.45, 2.75) is 6.54 Å². The van der Waals surface area contributed by atoms with Gasteiger partial charge in [-0.2, -0.15) is 0 Å². The van der Waals surface area contributed by atoms with E-state index in [1.165, 1.54) is 0 Å². The number of pyridine rings is 1. The minimum absolute atomic E-state index is 0.465. The lowest BCUT2D eigenvalue weighted by Crippen LogP contribution is -1.99. The van der Waals surface area contributed by atoms with Gasteiger partial charge in [-0.05, 0) is 29.8 Å². The quantitative estimate of drug-likeness (QED) is 0.842. The van der Waals surface area contributed by atoms with Crippen LogP contribution in [0.3, 0.4) is 0 Å². The second-order valence-corrected chi connectivity index (χ2v) is 3.66. The minimum atomic E-state index is 0.465. The zero-order chi connectivity index (χ0) is 10.7. The third-order valence-corrected chi connectivity index (χ3v) is 2.46. The average molecular weight is 219 g/mol. The first-order chi connectivity index (χ1) is 7.31. The van der Waals surface area contributed by atoms with Gasteiger partial charge in [0.2, 0.25) is 0 Å². The first kappa shape index (κ1) is 10.1. The molecule has 0 saturated carbocycles. The Morgan fingerprint density at radius 3 is 2.73 bits per heavy atom. The predicted octanol–water partition coefficient (Wildman–Crippen LogP) is 2.86. The molecule has 0 bridgehead atoms. The Hall–Kier alpha value is -1.38. The fourth-order valence-electron chi connectivity index (χ4n) is 1.50. The lowest BCUT2D eigenvalue weighted by molar-refractivity contribution is 1.07. The Morgan fingerprint density at radius 1 is 1.20 bits per heavy atom. The van der Waals surface area contributed by atoms with E-state index in [1.807, 2.05) is 36.4 Å². The predicted molar refractivity (Wildman–Crippen MR) is 62.6 cm³/mol. The second-order valence-electron chi connectivity index (χ2n) is 3.22. The minimum Gasteiger partial charge on any atom is -0.326 e. The van der Waals surface area contributed by atoms with Crippen molar-refractivity contribution in [1.29, 1.82) is 0 Å². The number of halogens is 1. The number of hydrogen-bond donors (Lipinski definition) is 1. The van der Waals surface area contributed by atoms with Gasteiger partial charge in [0, 0.05) is 23.3 Å². The van der Waals surface area contributed by atoms with Crippen LogP contribution in [-0.4, -0.2) is 4.98 Å². The molecular formula is C12H11ClN2. The second kappa shape index (κ2) is 4.43. The normalized spacial score (nSPS) is 10.3. The Morgan fingerprint density at radius 2 is 2.07 bits per heavy atom. The van der Waals surface area contributed by atoms with Gasteiger partial charge >= 0.3 is 0 Å². The maximum Gasteiger partial charge on any atom is 0.0705 e. The summed E-state index contributed by atoms with van der Waals surface area (Å²) in [5.41, 5.74) is 8.65. The zero-order valence-electron chi connectivity index (χ0n) is 8.15. The van der Waals surface area contributed by atoms with Crippen LogP contribution in [0.5, 0.6) is 0 Å². The molecule has 0 unspecified atom stereocenters. The van der Waals surface area contributed by atoms with E-state index in [4.69, 9.17) is 17.3 Å². The van der Waals surface area contributed by atoms with Crippen LogP contribution >= 0.6 is 11.6 Å². The van der Waals surface area contributed by atoms with Gasteiger partial charge in [-0.1, -0.05) is 23.7 Å². The average Bonchev–Trinajstić information content (AvgIpc) is 2.30. The molecule has 0 spiro atoms. The summed E-state index contributed by atoms with van der Waals surface area (Å²) in [6.45, 7) is 0.465. The lowest BCUT2D eigenvalue weighted by atomic mass is 10.0. The molecule has 0 atom stereocenters. The topological polar surface area (TPSA) is 38.9 Å². The SMILES string of the molecule is NCc1cc(Cl)ccc1-c1ccccn1. The molecule has 2 aromatic rings. The number of nitrogens with two attached hydrogens (primary N) is 1. The van der Waals surface area contributed by atoms with Crippen molar-refractivity contribution in [3.63, 3.8) is 0 Å². The molecule has 0 saturated heterocycles. The van der Waals surface area contributed by atoms with Crippen molar-refractivity contribution in [3.05, 3.63) is 53.2 Å². The largest absolute Gasteiger partial charge is 0.326 e. The van der Waals surface area contributed by atoms with Crippen molar-refractivity contribution in [3.8, 4) is 11.3 Å². The van der Waals surface area contributed by atoms with Crippen LogP contribution in [0.4, 0.5) is 0 Å². The van der Waals surface area contributed by atoms with Gasteiger partial charge in [-0.25, -0.2) is 0 Å². The van der Waals surface area contributed by atoms with Crippen molar-refractivity contribution in [2.75, 3.05) is 0 Å². The maximum atomic E-state index is 5.91. The summed E-state index contributed by atoms with van der Waals surface area (Å²) >= 11 is 5.91. The summed E-state index contributed by atoms with van der Waals surface area (Å²) in [6, 6.07) is 11.5. The molecule has 0 amide bonds. The van der Waals surface area contributed by atoms with Crippen LogP contribution in [0.2, 0.25) is 5.02 Å². The van der Waals surface area contributed by atoms with Crippen molar-refractivity contribution in [2.24, 2.45) is 5.73 Å². The van der Waals surface area contributed by atoms with E-state index in [-0.39, 0.29) is 0 Å². The zero-order valence-corrected chi connectivity index (χ0v) is 8.91. The van der Waals surface area contributed by atoms with Crippen molar-refractivity contribution in [1.82, 2.24) is 4.98 Å². The fourth-order valence-corrected chi connectivity index (χ4v) is 1.70. The van der Waals surface area contributed by atoms with E-state index in [2.05, 4.69) is 4.98 Å². The first-order valence-electron chi connectivity index (χ1n) is 4.71. The van der Waals surface area contributed by atoms with Crippen LogP contribution in [0.25, 0.3) is 11.3 Å². The van der Waals surface area contributed by atoms with Crippen LogP contribution in [0.15, 0.2) is 42.6 Å². The highest BCUT2D eigenvalue weighted by Gasteiger charge is 2.04. The Bertz CT molecular complexity index is 454. The lowest BCUT2D eigenvalue weighted by Gasteiger charge is -2.07. The molecular weight excluding hydrogens is 208 g/mol. The number of aromatic nitrogens is 1. The summed E-state index contributed by atoms with van der Waals surface area (Å²) in [7, 11) is 0. The third-order valence-electron chi connectivity index (χ3n) is 2.23. The molecule has 0 aliphatic rings. The van der Waals surface area contributed by atoms with Gasteiger partial charge in [-0.3, -0.25) is 4.98 Å². The van der Waals surface area contributed by atoms with Crippen molar-refractivity contribution < 1.29 is 0 Å². The van der Waals surface area contributed by atoms with E-state index in [0.717, 1.165) is 16.8 Å². The molecule has 76 valence electrons. The summed E-state index contributed by atoms with van der Waals surface area (Å²) in [5.74, 6) is 0. The molecule has 3 heteroatoms. The molecule has 15 heavy (non-hydrogen) atoms.